The molecule has 23 heteroatoms. The summed E-state index contributed by atoms with van der Waals surface area (Å²) in [4.78, 5) is 80.0. The molecule has 0 spiro atoms. The Morgan fingerprint density at radius 1 is 0.649 bits per heavy atom. The molecule has 4 aromatic heterocycles. The fourth-order valence-electron chi connectivity index (χ4n) is 8.95. The van der Waals surface area contributed by atoms with Gasteiger partial charge in [-0.25, -0.2) is 39.3 Å². The second kappa shape index (κ2) is 33.0. The minimum atomic E-state index is -0.639. The van der Waals surface area contributed by atoms with Crippen LogP contribution in [0, 0.1) is 11.8 Å². The van der Waals surface area contributed by atoms with Crippen LogP contribution in [0.2, 0.25) is 0 Å². The predicted molar refractivity (Wildman–Crippen MR) is 293 cm³/mol. The molecular formula is C54H69BN12NaO9. The van der Waals surface area contributed by atoms with Crippen LogP contribution in [-0.2, 0) is 43.1 Å². The number of carbonyl (C=O) groups excluding carboxylic acids is 4. The first-order valence-electron chi connectivity index (χ1n) is 25.5. The second-order valence-corrected chi connectivity index (χ2v) is 18.4. The molecule has 0 aliphatic carbocycles. The maximum absolute atomic E-state index is 9.85. The number of anilines is 4. The summed E-state index contributed by atoms with van der Waals surface area (Å²) in [6.07, 6.45) is 11.9. The summed E-state index contributed by atoms with van der Waals surface area (Å²) in [7, 11) is 6.52. The summed E-state index contributed by atoms with van der Waals surface area (Å²) in [6, 6.07) is 21.3. The van der Waals surface area contributed by atoms with E-state index in [2.05, 4.69) is 129 Å². The van der Waals surface area contributed by atoms with Gasteiger partial charge in [0.25, 0.3) is 0 Å². The van der Waals surface area contributed by atoms with E-state index in [4.69, 9.17) is 24.2 Å². The van der Waals surface area contributed by atoms with Gasteiger partial charge in [-0.2, -0.15) is 0 Å². The minimum absolute atomic E-state index is 0. The maximum atomic E-state index is 9.85. The van der Waals surface area contributed by atoms with Crippen LogP contribution in [0.1, 0.15) is 46.5 Å². The van der Waals surface area contributed by atoms with Gasteiger partial charge >= 0.3 is 41.5 Å². The molecule has 403 valence electrons. The molecule has 0 bridgehead atoms. The van der Waals surface area contributed by atoms with Crippen molar-refractivity contribution in [1.29, 1.82) is 0 Å². The first kappa shape index (κ1) is 61.5. The molecule has 0 amide bonds. The van der Waals surface area contributed by atoms with Crippen LogP contribution in [0.4, 0.5) is 23.0 Å². The number of rotatable bonds is 10. The molecule has 2 unspecified atom stereocenters. The van der Waals surface area contributed by atoms with Gasteiger partial charge in [0.2, 0.25) is 5.97 Å². The second-order valence-electron chi connectivity index (χ2n) is 18.4. The predicted octanol–water partition coefficient (Wildman–Crippen LogP) is 2.70. The number of aromatic nitrogens is 6. The number of piperidine rings is 2. The number of benzene rings is 2. The number of carbonyl (C=O) groups is 4. The van der Waals surface area contributed by atoms with Gasteiger partial charge in [-0.3, -0.25) is 14.8 Å². The Labute approximate surface area is 473 Å². The fourth-order valence-corrected chi connectivity index (χ4v) is 8.95. The summed E-state index contributed by atoms with van der Waals surface area (Å²) >= 11 is 0. The van der Waals surface area contributed by atoms with E-state index in [0.29, 0.717) is 11.8 Å². The molecule has 2 atom stereocenters. The molecule has 21 nitrogen and oxygen atoms in total. The van der Waals surface area contributed by atoms with Crippen LogP contribution in [0.5, 0.6) is 0 Å². The van der Waals surface area contributed by atoms with E-state index in [1.165, 1.54) is 50.5 Å². The third-order valence-corrected chi connectivity index (χ3v) is 12.7. The van der Waals surface area contributed by atoms with Gasteiger partial charge in [0.1, 0.15) is 17.8 Å². The molecule has 3 radical (unpaired) electrons. The number of ether oxygens (including phenoxy) is 2. The van der Waals surface area contributed by atoms with Crippen molar-refractivity contribution in [2.24, 2.45) is 11.8 Å². The molecule has 2 aromatic carbocycles. The topological polar surface area (TPSA) is 238 Å². The van der Waals surface area contributed by atoms with Crippen molar-refractivity contribution in [3.05, 3.63) is 85.5 Å². The number of fused-ring (bicyclic) bond motifs is 2. The average molecular weight is 1060 g/mol. The average Bonchev–Trinajstić information content (AvgIpc) is 3.47. The quantitative estimate of drug-likeness (QED) is 0.102. The smallest absolute Gasteiger partial charge is 0.793 e. The third kappa shape index (κ3) is 19.8. The van der Waals surface area contributed by atoms with Crippen molar-refractivity contribution in [2.75, 3.05) is 119 Å². The zero-order valence-corrected chi connectivity index (χ0v) is 46.9. The Balaban J connectivity index is 0.000000223. The summed E-state index contributed by atoms with van der Waals surface area (Å²) < 4.78 is 14.5. The molecule has 10 rings (SSSR count). The largest absolute Gasteiger partial charge is 1.00 e. The molecule has 4 aliphatic heterocycles. The zero-order valence-electron chi connectivity index (χ0n) is 44.9. The zero-order chi connectivity index (χ0) is 54.1. The van der Waals surface area contributed by atoms with Crippen LogP contribution in [0.3, 0.4) is 0 Å². The Bertz CT molecular complexity index is 2740. The molecule has 8 heterocycles. The van der Waals surface area contributed by atoms with Gasteiger partial charge in [0, 0.05) is 114 Å². The number of hydrogen-bond acceptors (Lipinski definition) is 21. The van der Waals surface area contributed by atoms with Crippen molar-refractivity contribution < 1.29 is 72.6 Å². The molecule has 3 N–H and O–H groups in total. The summed E-state index contributed by atoms with van der Waals surface area (Å²) in [5.74, 6) is 1.14. The van der Waals surface area contributed by atoms with Crippen molar-refractivity contribution >= 4 is 77.8 Å². The molecule has 4 fully saturated rings. The number of hydrogen-bond donors (Lipinski definition) is 3. The maximum Gasteiger partial charge on any atom is 1.00 e. The van der Waals surface area contributed by atoms with Crippen LogP contribution < -0.4 is 55.3 Å². The van der Waals surface area contributed by atoms with Gasteiger partial charge < -0.3 is 57.6 Å². The van der Waals surface area contributed by atoms with E-state index in [-0.39, 0.29) is 29.6 Å². The van der Waals surface area contributed by atoms with E-state index in [1.807, 2.05) is 18.9 Å². The number of pyridine rings is 2. The van der Waals surface area contributed by atoms with Gasteiger partial charge in [-0.1, -0.05) is 24.3 Å². The van der Waals surface area contributed by atoms with E-state index in [0.717, 1.165) is 155 Å². The van der Waals surface area contributed by atoms with E-state index < -0.39 is 17.9 Å². The fraction of sp³-hybridized carbons (Fsp3) is 0.444. The molecule has 4 saturated heterocycles. The first-order chi connectivity index (χ1) is 37.0. The van der Waals surface area contributed by atoms with Crippen LogP contribution in [0.25, 0.3) is 44.6 Å². The Morgan fingerprint density at radius 3 is 1.48 bits per heavy atom. The molecule has 77 heavy (non-hydrogen) atoms. The van der Waals surface area contributed by atoms with Gasteiger partial charge in [0.15, 0.2) is 11.6 Å². The normalized spacial score (nSPS) is 17.1. The van der Waals surface area contributed by atoms with Crippen molar-refractivity contribution in [3.8, 4) is 22.5 Å². The number of morpholine rings is 2. The number of nitrogens with one attached hydrogen (secondary N) is 3. The van der Waals surface area contributed by atoms with E-state index in [9.17, 15) is 14.4 Å². The van der Waals surface area contributed by atoms with E-state index >= 15 is 0 Å². The molecular weight excluding hydrogens is 994 g/mol. The SMILES string of the molecule is C=O.CC(=O)OOC(C)=O.CN1CCCC(CNc2nc(-c3ccc(N4CCOCC4)cc3)cc3nccnc23)C1.[B-]OC(C)=O.[Na+].c1cnc2c(NCC3CCCNC3)nc(-c3ccc(N4CCOCC4)cc3)cc2n1. The van der Waals surface area contributed by atoms with Gasteiger partial charge in [-0.15, -0.1) is 0 Å². The van der Waals surface area contributed by atoms with Gasteiger partial charge in [-0.05, 0) is 101 Å². The third-order valence-electron chi connectivity index (χ3n) is 12.7. The number of nitrogens with zero attached hydrogens (tertiary/aromatic N) is 9. The van der Waals surface area contributed by atoms with E-state index in [1.54, 1.807) is 24.8 Å². The van der Waals surface area contributed by atoms with Crippen LogP contribution >= 0.6 is 0 Å². The Morgan fingerprint density at radius 2 is 1.08 bits per heavy atom. The Hall–Kier alpha value is -6.40. The molecule has 4 aliphatic rings. The van der Waals surface area contributed by atoms with Crippen molar-refractivity contribution in [3.63, 3.8) is 0 Å². The summed E-state index contributed by atoms with van der Waals surface area (Å²) in [5, 5.41) is 10.6. The number of likely N-dealkylation sites (tertiary alicyclic amines) is 1. The Kier molecular flexibility index (Phi) is 26.4. The van der Waals surface area contributed by atoms with Crippen molar-refractivity contribution in [1.82, 2.24) is 40.1 Å². The van der Waals surface area contributed by atoms with Crippen LogP contribution in [-0.4, -0.2) is 166 Å². The standard InChI is InChI=1S/C24H30N6O.C23H28N6O.C4H6O4.C2H3BO2.CH2O.Na/c1-29-10-2-3-18(17-29)16-27-24-23-22(25-8-9-26-23)15-21(28-24)19-4-6-20(7-5-19)30-11-13-31-14-12-30;1-2-17(15-24-7-1)16-27-23-22-21(25-8-9-26-22)14-20(28-23)18-3-5-19(6-4-18)29-10-12-30-13-11-29;1-3(5)7-8-4(2)6;1-2(4)5-3;1-2;/h4-9,15,18H,2-3,10-14,16-17H2,1H3,(H,27,28);3-6,8-9,14,17,24H,1-2,7,10-13,15-16H2,(H,27,28);1-2H3;1H3;1H2;/q;;;-1;;+1. The summed E-state index contributed by atoms with van der Waals surface area (Å²) in [5.41, 5.74) is 9.86. The molecule has 6 aromatic rings. The minimum Gasteiger partial charge on any atom is -0.793 e. The summed E-state index contributed by atoms with van der Waals surface area (Å²) in [6.45, 7) is 18.7. The van der Waals surface area contributed by atoms with Crippen LogP contribution in [0.15, 0.2) is 85.5 Å². The molecule has 0 saturated carbocycles. The van der Waals surface area contributed by atoms with Crippen molar-refractivity contribution in [2.45, 2.75) is 46.5 Å². The monoisotopic (exact) mass is 1060 g/mol. The van der Waals surface area contributed by atoms with Gasteiger partial charge in [0.05, 0.1) is 48.8 Å². The first-order valence-corrected chi connectivity index (χ1v) is 25.5.